The Balaban J connectivity index is 2.25. The molecule has 0 radical (unpaired) electrons. The number of hydrogen-bond acceptors (Lipinski definition) is 4. The van der Waals surface area contributed by atoms with E-state index in [2.05, 4.69) is 24.9 Å². The number of nitrogens with zero attached hydrogens (tertiary/aromatic N) is 2. The summed E-state index contributed by atoms with van der Waals surface area (Å²) in [6.07, 6.45) is 3.29. The van der Waals surface area contributed by atoms with Gasteiger partial charge < -0.3 is 4.74 Å². The molecule has 1 fully saturated rings. The van der Waals surface area contributed by atoms with E-state index in [0.29, 0.717) is 22.9 Å². The Labute approximate surface area is 161 Å². The molecule has 27 heavy (non-hydrogen) atoms. The van der Waals surface area contributed by atoms with Crippen LogP contribution in [0.4, 0.5) is 0 Å². The van der Waals surface area contributed by atoms with E-state index in [0.717, 1.165) is 34.4 Å². The fourth-order valence-corrected chi connectivity index (χ4v) is 3.66. The standard InChI is InChI=1S/C23H26N2O2/c1-13(2)20-21(22(26)18-9-14(3)8-17(10-18)12-24)19(11-16-6-7-16)15(4)25-23(20)27-5/h8-10,13,16H,6-7,11H2,1-5H3. The zero-order valence-corrected chi connectivity index (χ0v) is 16.7. The van der Waals surface area contributed by atoms with Gasteiger partial charge in [0.25, 0.3) is 0 Å². The highest BCUT2D eigenvalue weighted by molar-refractivity contribution is 6.11. The van der Waals surface area contributed by atoms with Crippen molar-refractivity contribution in [2.45, 2.75) is 52.9 Å². The van der Waals surface area contributed by atoms with E-state index in [-0.39, 0.29) is 11.7 Å². The zero-order valence-electron chi connectivity index (χ0n) is 16.7. The maximum atomic E-state index is 13.6. The molecule has 0 spiro atoms. The van der Waals surface area contributed by atoms with Crippen molar-refractivity contribution < 1.29 is 9.53 Å². The Morgan fingerprint density at radius 3 is 2.56 bits per heavy atom. The summed E-state index contributed by atoms with van der Waals surface area (Å²) in [6.45, 7) is 7.98. The normalized spacial score (nSPS) is 13.5. The fourth-order valence-electron chi connectivity index (χ4n) is 3.66. The molecule has 1 aromatic carbocycles. The highest BCUT2D eigenvalue weighted by Crippen LogP contribution is 2.39. The fraction of sp³-hybridized carbons (Fsp3) is 0.435. The van der Waals surface area contributed by atoms with E-state index in [1.807, 2.05) is 19.9 Å². The molecule has 1 heterocycles. The van der Waals surface area contributed by atoms with Crippen molar-refractivity contribution in [3.8, 4) is 11.9 Å². The number of aryl methyl sites for hydroxylation is 2. The number of hydrogen-bond donors (Lipinski definition) is 0. The van der Waals surface area contributed by atoms with Crippen molar-refractivity contribution in [2.24, 2.45) is 5.92 Å². The summed E-state index contributed by atoms with van der Waals surface area (Å²) < 4.78 is 5.54. The molecule has 1 aromatic heterocycles. The van der Waals surface area contributed by atoms with Gasteiger partial charge in [-0.1, -0.05) is 13.8 Å². The second kappa shape index (κ2) is 7.52. The molecular formula is C23H26N2O2. The van der Waals surface area contributed by atoms with Crippen LogP contribution in [0.25, 0.3) is 0 Å². The molecule has 4 heteroatoms. The Hall–Kier alpha value is -2.67. The van der Waals surface area contributed by atoms with Crippen molar-refractivity contribution in [3.05, 3.63) is 57.3 Å². The number of pyridine rings is 1. The van der Waals surface area contributed by atoms with E-state index < -0.39 is 0 Å². The highest BCUT2D eigenvalue weighted by Gasteiger charge is 2.30. The van der Waals surface area contributed by atoms with Crippen LogP contribution in [-0.4, -0.2) is 17.9 Å². The monoisotopic (exact) mass is 362 g/mol. The number of nitriles is 1. The van der Waals surface area contributed by atoms with Crippen LogP contribution in [0.3, 0.4) is 0 Å². The quantitative estimate of drug-likeness (QED) is 0.687. The van der Waals surface area contributed by atoms with E-state index in [4.69, 9.17) is 4.74 Å². The minimum absolute atomic E-state index is 0.0432. The van der Waals surface area contributed by atoms with E-state index in [1.54, 1.807) is 19.2 Å². The molecule has 0 bridgehead atoms. The lowest BCUT2D eigenvalue weighted by molar-refractivity contribution is 0.103. The maximum Gasteiger partial charge on any atom is 0.217 e. The first-order valence-corrected chi connectivity index (χ1v) is 9.49. The number of carbonyl (C=O) groups excluding carboxylic acids is 1. The molecule has 0 amide bonds. The summed E-state index contributed by atoms with van der Waals surface area (Å²) in [5.41, 5.74) is 5.44. The predicted molar refractivity (Wildman–Crippen MR) is 105 cm³/mol. The summed E-state index contributed by atoms with van der Waals surface area (Å²) in [7, 11) is 1.60. The lowest BCUT2D eigenvalue weighted by Gasteiger charge is -2.21. The van der Waals surface area contributed by atoms with Crippen molar-refractivity contribution >= 4 is 5.78 Å². The molecule has 140 valence electrons. The van der Waals surface area contributed by atoms with Crippen LogP contribution in [0.15, 0.2) is 18.2 Å². The maximum absolute atomic E-state index is 13.6. The average Bonchev–Trinajstić information content (AvgIpc) is 3.45. The van der Waals surface area contributed by atoms with Gasteiger partial charge in [-0.2, -0.15) is 5.26 Å². The average molecular weight is 362 g/mol. The van der Waals surface area contributed by atoms with E-state index >= 15 is 0 Å². The van der Waals surface area contributed by atoms with Gasteiger partial charge >= 0.3 is 0 Å². The number of rotatable bonds is 6. The Bertz CT molecular complexity index is 934. The molecule has 1 saturated carbocycles. The Kier molecular flexibility index (Phi) is 5.32. The van der Waals surface area contributed by atoms with Gasteiger partial charge in [0.2, 0.25) is 5.88 Å². The lowest BCUT2D eigenvalue weighted by atomic mass is 9.86. The molecule has 4 nitrogen and oxygen atoms in total. The third-order valence-corrected chi connectivity index (χ3v) is 5.16. The van der Waals surface area contributed by atoms with Gasteiger partial charge in [0.15, 0.2) is 5.78 Å². The van der Waals surface area contributed by atoms with Crippen LogP contribution in [0.5, 0.6) is 5.88 Å². The summed E-state index contributed by atoms with van der Waals surface area (Å²) in [5.74, 6) is 1.22. The zero-order chi connectivity index (χ0) is 19.7. The SMILES string of the molecule is COc1nc(C)c(CC2CC2)c(C(=O)c2cc(C)cc(C#N)c2)c1C(C)C. The van der Waals surface area contributed by atoms with Crippen molar-refractivity contribution in [1.82, 2.24) is 4.98 Å². The molecule has 1 aliphatic rings. The number of methoxy groups -OCH3 is 1. The highest BCUT2D eigenvalue weighted by atomic mass is 16.5. The second-order valence-electron chi connectivity index (χ2n) is 7.80. The van der Waals surface area contributed by atoms with Gasteiger partial charge in [0.1, 0.15) is 0 Å². The molecule has 0 atom stereocenters. The molecule has 0 aliphatic heterocycles. The van der Waals surface area contributed by atoms with Gasteiger partial charge in [0, 0.05) is 22.4 Å². The minimum atomic E-state index is -0.0432. The lowest BCUT2D eigenvalue weighted by Crippen LogP contribution is -2.16. The second-order valence-corrected chi connectivity index (χ2v) is 7.80. The van der Waals surface area contributed by atoms with Crippen LogP contribution in [0.1, 0.15) is 76.5 Å². The summed E-state index contributed by atoms with van der Waals surface area (Å²) in [5, 5.41) is 9.30. The van der Waals surface area contributed by atoms with Gasteiger partial charge in [-0.3, -0.25) is 4.79 Å². The third kappa shape index (κ3) is 3.88. The molecule has 2 aromatic rings. The smallest absolute Gasteiger partial charge is 0.217 e. The molecule has 0 saturated heterocycles. The largest absolute Gasteiger partial charge is 0.481 e. The number of ketones is 1. The van der Waals surface area contributed by atoms with Crippen molar-refractivity contribution in [3.63, 3.8) is 0 Å². The number of aromatic nitrogens is 1. The minimum Gasteiger partial charge on any atom is -0.481 e. The topological polar surface area (TPSA) is 63.0 Å². The first-order chi connectivity index (χ1) is 12.8. The van der Waals surface area contributed by atoms with Crippen LogP contribution in [0, 0.1) is 31.1 Å². The summed E-state index contributed by atoms with van der Waals surface area (Å²) >= 11 is 0. The Morgan fingerprint density at radius 2 is 2.00 bits per heavy atom. The first-order valence-electron chi connectivity index (χ1n) is 9.49. The van der Waals surface area contributed by atoms with Crippen LogP contribution in [-0.2, 0) is 6.42 Å². The van der Waals surface area contributed by atoms with Crippen LogP contribution >= 0.6 is 0 Å². The number of carbonyl (C=O) groups is 1. The Morgan fingerprint density at radius 1 is 1.30 bits per heavy atom. The summed E-state index contributed by atoms with van der Waals surface area (Å²) in [4.78, 5) is 18.3. The molecule has 1 aliphatic carbocycles. The van der Waals surface area contributed by atoms with Gasteiger partial charge in [-0.15, -0.1) is 0 Å². The molecule has 0 N–H and O–H groups in total. The van der Waals surface area contributed by atoms with Gasteiger partial charge in [-0.25, -0.2) is 4.98 Å². The summed E-state index contributed by atoms with van der Waals surface area (Å²) in [6, 6.07) is 7.49. The van der Waals surface area contributed by atoms with Crippen molar-refractivity contribution in [1.29, 1.82) is 5.26 Å². The molecule has 3 rings (SSSR count). The third-order valence-electron chi connectivity index (χ3n) is 5.16. The molecular weight excluding hydrogens is 336 g/mol. The van der Waals surface area contributed by atoms with E-state index in [9.17, 15) is 10.1 Å². The first kappa shape index (κ1) is 19.1. The van der Waals surface area contributed by atoms with Crippen molar-refractivity contribution in [2.75, 3.05) is 7.11 Å². The van der Waals surface area contributed by atoms with Gasteiger partial charge in [0.05, 0.1) is 18.7 Å². The van der Waals surface area contributed by atoms with Gasteiger partial charge in [-0.05, 0) is 74.3 Å². The van der Waals surface area contributed by atoms with Crippen LogP contribution < -0.4 is 4.74 Å². The number of benzene rings is 1. The molecule has 0 unspecified atom stereocenters. The number of ether oxygens (including phenoxy) is 1. The van der Waals surface area contributed by atoms with E-state index in [1.165, 1.54) is 12.8 Å². The van der Waals surface area contributed by atoms with Crippen LogP contribution in [0.2, 0.25) is 0 Å². The predicted octanol–water partition coefficient (Wildman–Crippen LogP) is 4.89.